The fourth-order valence-electron chi connectivity index (χ4n) is 2.14. The van der Waals surface area contributed by atoms with E-state index in [1.165, 1.54) is 0 Å². The number of hydrogen-bond acceptors (Lipinski definition) is 5. The summed E-state index contributed by atoms with van der Waals surface area (Å²) in [5, 5.41) is 0. The van der Waals surface area contributed by atoms with Crippen LogP contribution in [0, 0.1) is 0 Å². The van der Waals surface area contributed by atoms with Gasteiger partial charge in [0, 0.05) is 19.3 Å². The van der Waals surface area contributed by atoms with Crippen LogP contribution in [0.25, 0.3) is 0 Å². The summed E-state index contributed by atoms with van der Waals surface area (Å²) in [6.07, 6.45) is 5.57. The summed E-state index contributed by atoms with van der Waals surface area (Å²) in [6, 6.07) is 1.75. The first-order valence-electron chi connectivity index (χ1n) is 7.15. The Morgan fingerprint density at radius 1 is 1.35 bits per heavy atom. The predicted molar refractivity (Wildman–Crippen MR) is 79.0 cm³/mol. The van der Waals surface area contributed by atoms with Crippen molar-refractivity contribution in [3.63, 3.8) is 0 Å². The molecule has 0 saturated carbocycles. The Bertz CT molecular complexity index is 527. The van der Waals surface area contributed by atoms with Crippen LogP contribution < -0.4 is 9.62 Å². The van der Waals surface area contributed by atoms with E-state index < -0.39 is 10.0 Å². The molecule has 0 unspecified atom stereocenters. The van der Waals surface area contributed by atoms with Crippen LogP contribution in [0.1, 0.15) is 38.3 Å². The number of aromatic nitrogens is 2. The fraction of sp³-hybridized carbons (Fsp3) is 0.692. The maximum Gasteiger partial charge on any atom is 0.225 e. The molecule has 20 heavy (non-hydrogen) atoms. The van der Waals surface area contributed by atoms with Crippen molar-refractivity contribution in [2.24, 2.45) is 0 Å². The van der Waals surface area contributed by atoms with Gasteiger partial charge in [0.05, 0.1) is 18.0 Å². The molecular weight excluding hydrogens is 276 g/mol. The maximum absolute atomic E-state index is 11.7. The van der Waals surface area contributed by atoms with Crippen LogP contribution in [0.2, 0.25) is 0 Å². The lowest BCUT2D eigenvalue weighted by molar-refractivity contribution is 0.577. The first-order valence-corrected chi connectivity index (χ1v) is 8.80. The van der Waals surface area contributed by atoms with E-state index in [-0.39, 0.29) is 12.3 Å². The molecule has 0 radical (unpaired) electrons. The van der Waals surface area contributed by atoms with E-state index in [9.17, 15) is 8.42 Å². The summed E-state index contributed by atoms with van der Waals surface area (Å²) >= 11 is 0. The molecular formula is C13H22N4O2S. The van der Waals surface area contributed by atoms with Gasteiger partial charge in [0.2, 0.25) is 16.0 Å². The Hall–Kier alpha value is -1.21. The second-order valence-electron chi connectivity index (χ2n) is 5.04. The van der Waals surface area contributed by atoms with Gasteiger partial charge in [-0.3, -0.25) is 0 Å². The summed E-state index contributed by atoms with van der Waals surface area (Å²) in [5.74, 6) is 0.876. The molecule has 0 spiro atoms. The summed E-state index contributed by atoms with van der Waals surface area (Å²) in [7, 11) is -3.20. The summed E-state index contributed by atoms with van der Waals surface area (Å²) in [4.78, 5) is 10.8. The largest absolute Gasteiger partial charge is 0.341 e. The highest BCUT2D eigenvalue weighted by Crippen LogP contribution is 2.15. The number of unbranched alkanes of at least 4 members (excludes halogenated alkanes) is 1. The molecule has 112 valence electrons. The zero-order chi connectivity index (χ0) is 14.4. The SMILES string of the molecule is CCCCS(=O)(=O)NCc1ccnc(N2CCCC2)n1. The molecule has 7 heteroatoms. The number of hydrogen-bond donors (Lipinski definition) is 1. The van der Waals surface area contributed by atoms with Gasteiger partial charge >= 0.3 is 0 Å². The maximum atomic E-state index is 11.7. The first kappa shape index (κ1) is 15.2. The van der Waals surface area contributed by atoms with E-state index in [4.69, 9.17) is 0 Å². The van der Waals surface area contributed by atoms with E-state index in [0.717, 1.165) is 32.4 Å². The minimum Gasteiger partial charge on any atom is -0.341 e. The topological polar surface area (TPSA) is 75.2 Å². The van der Waals surface area contributed by atoms with Crippen molar-refractivity contribution in [3.8, 4) is 0 Å². The smallest absolute Gasteiger partial charge is 0.225 e. The van der Waals surface area contributed by atoms with E-state index in [1.807, 2.05) is 6.92 Å². The highest BCUT2D eigenvalue weighted by molar-refractivity contribution is 7.89. The normalized spacial score (nSPS) is 15.8. The van der Waals surface area contributed by atoms with Gasteiger partial charge in [-0.15, -0.1) is 0 Å². The Morgan fingerprint density at radius 2 is 2.10 bits per heavy atom. The van der Waals surface area contributed by atoms with Crippen LogP contribution in [0.15, 0.2) is 12.3 Å². The second-order valence-corrected chi connectivity index (χ2v) is 6.96. The monoisotopic (exact) mass is 298 g/mol. The molecule has 2 rings (SSSR count). The van der Waals surface area contributed by atoms with Crippen molar-refractivity contribution in [2.75, 3.05) is 23.7 Å². The molecule has 6 nitrogen and oxygen atoms in total. The Labute approximate surface area is 120 Å². The number of nitrogens with zero attached hydrogens (tertiary/aromatic N) is 3. The van der Waals surface area contributed by atoms with Crippen molar-refractivity contribution in [2.45, 2.75) is 39.2 Å². The number of nitrogens with one attached hydrogen (secondary N) is 1. The Balaban J connectivity index is 1.94. The predicted octanol–water partition coefficient (Wildman–Crippen LogP) is 1.30. The third kappa shape index (κ3) is 4.42. The molecule has 1 fully saturated rings. The average Bonchev–Trinajstić information content (AvgIpc) is 2.98. The molecule has 1 aliphatic heterocycles. The van der Waals surface area contributed by atoms with Crippen molar-refractivity contribution < 1.29 is 8.42 Å². The minimum absolute atomic E-state index is 0.174. The van der Waals surface area contributed by atoms with E-state index in [1.54, 1.807) is 12.3 Å². The van der Waals surface area contributed by atoms with Crippen molar-refractivity contribution in [3.05, 3.63) is 18.0 Å². The van der Waals surface area contributed by atoms with Crippen molar-refractivity contribution in [1.29, 1.82) is 0 Å². The molecule has 1 aromatic heterocycles. The summed E-state index contributed by atoms with van der Waals surface area (Å²) in [6.45, 7) is 4.16. The van der Waals surface area contributed by atoms with Crippen LogP contribution in [0.5, 0.6) is 0 Å². The van der Waals surface area contributed by atoms with E-state index in [0.29, 0.717) is 18.1 Å². The van der Waals surface area contributed by atoms with Crippen LogP contribution in [-0.2, 0) is 16.6 Å². The van der Waals surface area contributed by atoms with Gasteiger partial charge in [0.1, 0.15) is 0 Å². The number of anilines is 1. The molecule has 0 aliphatic carbocycles. The lowest BCUT2D eigenvalue weighted by Crippen LogP contribution is -2.27. The van der Waals surface area contributed by atoms with Gasteiger partial charge in [0.15, 0.2) is 0 Å². The van der Waals surface area contributed by atoms with Gasteiger partial charge in [-0.1, -0.05) is 13.3 Å². The molecule has 2 heterocycles. The van der Waals surface area contributed by atoms with Gasteiger partial charge in [-0.2, -0.15) is 0 Å². The van der Waals surface area contributed by atoms with Crippen LogP contribution in [0.3, 0.4) is 0 Å². The Kier molecular flexibility index (Phi) is 5.31. The quantitative estimate of drug-likeness (QED) is 0.821. The van der Waals surface area contributed by atoms with E-state index in [2.05, 4.69) is 19.6 Å². The van der Waals surface area contributed by atoms with Crippen LogP contribution >= 0.6 is 0 Å². The first-order chi connectivity index (χ1) is 9.61. The zero-order valence-corrected chi connectivity index (χ0v) is 12.7. The van der Waals surface area contributed by atoms with Gasteiger partial charge in [-0.25, -0.2) is 23.1 Å². The molecule has 0 bridgehead atoms. The van der Waals surface area contributed by atoms with Gasteiger partial charge in [0.25, 0.3) is 0 Å². The second kappa shape index (κ2) is 6.99. The summed E-state index contributed by atoms with van der Waals surface area (Å²) in [5.41, 5.74) is 0.710. The molecule has 1 aromatic rings. The molecule has 1 N–H and O–H groups in total. The van der Waals surface area contributed by atoms with Gasteiger partial charge < -0.3 is 4.90 Å². The molecule has 1 aliphatic rings. The average molecular weight is 298 g/mol. The molecule has 1 saturated heterocycles. The lowest BCUT2D eigenvalue weighted by atomic mass is 10.4. The van der Waals surface area contributed by atoms with Crippen molar-refractivity contribution >= 4 is 16.0 Å². The molecule has 0 atom stereocenters. The van der Waals surface area contributed by atoms with Crippen molar-refractivity contribution in [1.82, 2.24) is 14.7 Å². The standard InChI is InChI=1S/C13H22N4O2S/c1-2-3-10-20(18,19)15-11-12-6-7-14-13(16-12)17-8-4-5-9-17/h6-7,15H,2-5,8-11H2,1H3. The summed E-state index contributed by atoms with van der Waals surface area (Å²) < 4.78 is 26.1. The molecule has 0 aromatic carbocycles. The van der Waals surface area contributed by atoms with E-state index >= 15 is 0 Å². The number of rotatable bonds is 7. The third-order valence-corrected chi connectivity index (χ3v) is 4.74. The van der Waals surface area contributed by atoms with Crippen LogP contribution in [-0.4, -0.2) is 37.2 Å². The zero-order valence-electron chi connectivity index (χ0n) is 11.9. The highest BCUT2D eigenvalue weighted by atomic mass is 32.2. The van der Waals surface area contributed by atoms with Gasteiger partial charge in [-0.05, 0) is 25.3 Å². The molecule has 0 amide bonds. The minimum atomic E-state index is -3.20. The lowest BCUT2D eigenvalue weighted by Gasteiger charge is -2.15. The number of sulfonamides is 1. The Morgan fingerprint density at radius 3 is 2.80 bits per heavy atom. The third-order valence-electron chi connectivity index (χ3n) is 3.33. The van der Waals surface area contributed by atoms with Crippen LogP contribution in [0.4, 0.5) is 5.95 Å². The fourth-order valence-corrected chi connectivity index (χ4v) is 3.32. The highest BCUT2D eigenvalue weighted by Gasteiger charge is 2.15.